The molecule has 3 atom stereocenters. The minimum Gasteiger partial charge on any atom is -0.398 e. The molecule has 0 spiro atoms. The van der Waals surface area contributed by atoms with Crippen LogP contribution in [0.15, 0.2) is 27.6 Å². The first-order chi connectivity index (χ1) is 9.29. The van der Waals surface area contributed by atoms with Crippen LogP contribution in [-0.4, -0.2) is 14.5 Å². The Morgan fingerprint density at radius 1 is 1.30 bits per heavy atom. The van der Waals surface area contributed by atoms with E-state index in [1.165, 1.54) is 0 Å². The van der Waals surface area contributed by atoms with Crippen molar-refractivity contribution in [2.75, 3.05) is 5.73 Å². The zero-order valence-electron chi connectivity index (χ0n) is 11.8. The minimum absolute atomic E-state index is 0.0209. The minimum atomic E-state index is -3.49. The van der Waals surface area contributed by atoms with E-state index in [0.717, 1.165) is 19.3 Å². The van der Waals surface area contributed by atoms with Crippen molar-refractivity contribution in [1.29, 1.82) is 0 Å². The summed E-state index contributed by atoms with van der Waals surface area (Å²) in [6, 6.07) is 4.71. The summed E-state index contributed by atoms with van der Waals surface area (Å²) in [6.07, 6.45) is 3.04. The standard InChI is InChI=1S/C14H21BrN2O2S/c1-9-3-6-14(10(2)7-9)17-20(18,19)11-4-5-13(16)12(15)8-11/h4-5,8-10,14,17H,3,6-7,16H2,1-2H3. The number of halogens is 1. The monoisotopic (exact) mass is 360 g/mol. The van der Waals surface area contributed by atoms with Gasteiger partial charge in [0.15, 0.2) is 0 Å². The molecule has 1 aliphatic carbocycles. The molecule has 0 heterocycles. The van der Waals surface area contributed by atoms with Gasteiger partial charge >= 0.3 is 0 Å². The third-order valence-electron chi connectivity index (χ3n) is 4.02. The maximum absolute atomic E-state index is 12.4. The van der Waals surface area contributed by atoms with Crippen LogP contribution >= 0.6 is 15.9 Å². The number of nitrogens with two attached hydrogens (primary N) is 1. The van der Waals surface area contributed by atoms with Crippen molar-refractivity contribution in [2.24, 2.45) is 11.8 Å². The second-order valence-electron chi connectivity index (χ2n) is 5.81. The quantitative estimate of drug-likeness (QED) is 0.813. The van der Waals surface area contributed by atoms with Crippen molar-refractivity contribution in [2.45, 2.75) is 44.0 Å². The Bertz CT molecular complexity index is 589. The summed E-state index contributed by atoms with van der Waals surface area (Å²) in [5.41, 5.74) is 6.22. The second kappa shape index (κ2) is 6.03. The van der Waals surface area contributed by atoms with Crippen LogP contribution in [-0.2, 0) is 10.0 Å². The molecular formula is C14H21BrN2O2S. The molecule has 0 bridgehead atoms. The number of anilines is 1. The number of sulfonamides is 1. The summed E-state index contributed by atoms with van der Waals surface area (Å²) in [5, 5.41) is 0. The van der Waals surface area contributed by atoms with E-state index >= 15 is 0 Å². The summed E-state index contributed by atoms with van der Waals surface area (Å²) in [6.45, 7) is 4.33. The van der Waals surface area contributed by atoms with Gasteiger partial charge in [0, 0.05) is 16.2 Å². The SMILES string of the molecule is CC1CCC(NS(=O)(=O)c2ccc(N)c(Br)c2)C(C)C1. The van der Waals surface area contributed by atoms with Crippen molar-refractivity contribution < 1.29 is 8.42 Å². The lowest BCUT2D eigenvalue weighted by atomic mass is 9.80. The van der Waals surface area contributed by atoms with E-state index in [-0.39, 0.29) is 10.9 Å². The van der Waals surface area contributed by atoms with Crippen molar-refractivity contribution >= 4 is 31.6 Å². The van der Waals surface area contributed by atoms with Gasteiger partial charge in [0.1, 0.15) is 0 Å². The lowest BCUT2D eigenvalue weighted by Crippen LogP contribution is -2.42. The first-order valence-electron chi connectivity index (χ1n) is 6.87. The fraction of sp³-hybridized carbons (Fsp3) is 0.571. The summed E-state index contributed by atoms with van der Waals surface area (Å²) in [7, 11) is -3.49. The molecule has 2 rings (SSSR count). The highest BCUT2D eigenvalue weighted by Crippen LogP contribution is 2.30. The second-order valence-corrected chi connectivity index (χ2v) is 8.37. The molecule has 1 saturated carbocycles. The van der Waals surface area contributed by atoms with Crippen LogP contribution in [0.2, 0.25) is 0 Å². The van der Waals surface area contributed by atoms with Crippen LogP contribution in [0.3, 0.4) is 0 Å². The predicted octanol–water partition coefficient (Wildman–Crippen LogP) is 3.13. The zero-order chi connectivity index (χ0) is 14.9. The number of hydrogen-bond donors (Lipinski definition) is 2. The molecule has 1 aromatic rings. The first kappa shape index (κ1) is 15.8. The smallest absolute Gasteiger partial charge is 0.240 e. The Labute approximate surface area is 129 Å². The first-order valence-corrected chi connectivity index (χ1v) is 9.14. The maximum atomic E-state index is 12.4. The lowest BCUT2D eigenvalue weighted by molar-refractivity contribution is 0.249. The largest absolute Gasteiger partial charge is 0.398 e. The maximum Gasteiger partial charge on any atom is 0.240 e. The molecular weight excluding hydrogens is 340 g/mol. The summed E-state index contributed by atoms with van der Waals surface area (Å²) >= 11 is 3.27. The van der Waals surface area contributed by atoms with Crippen LogP contribution in [0.5, 0.6) is 0 Å². The van der Waals surface area contributed by atoms with Gasteiger partial charge in [-0.2, -0.15) is 0 Å². The van der Waals surface area contributed by atoms with E-state index < -0.39 is 10.0 Å². The highest BCUT2D eigenvalue weighted by atomic mass is 79.9. The average Bonchev–Trinajstić information content (AvgIpc) is 2.36. The van der Waals surface area contributed by atoms with Gasteiger partial charge in [0.2, 0.25) is 10.0 Å². The van der Waals surface area contributed by atoms with E-state index in [2.05, 4.69) is 34.5 Å². The van der Waals surface area contributed by atoms with Gasteiger partial charge < -0.3 is 5.73 Å². The van der Waals surface area contributed by atoms with E-state index in [4.69, 9.17) is 5.73 Å². The molecule has 3 N–H and O–H groups in total. The highest BCUT2D eigenvalue weighted by Gasteiger charge is 2.29. The van der Waals surface area contributed by atoms with Gasteiger partial charge in [-0.1, -0.05) is 13.8 Å². The molecule has 0 aromatic heterocycles. The van der Waals surface area contributed by atoms with E-state index in [1.54, 1.807) is 18.2 Å². The number of nitrogen functional groups attached to an aromatic ring is 1. The molecule has 0 aliphatic heterocycles. The molecule has 20 heavy (non-hydrogen) atoms. The highest BCUT2D eigenvalue weighted by molar-refractivity contribution is 9.10. The van der Waals surface area contributed by atoms with E-state index in [1.807, 2.05) is 0 Å². The van der Waals surface area contributed by atoms with Gasteiger partial charge in [0.05, 0.1) is 4.90 Å². The van der Waals surface area contributed by atoms with Crippen molar-refractivity contribution in [3.8, 4) is 0 Å². The third-order valence-corrected chi connectivity index (χ3v) is 6.19. The Morgan fingerprint density at radius 2 is 2.00 bits per heavy atom. The zero-order valence-corrected chi connectivity index (χ0v) is 14.2. The van der Waals surface area contributed by atoms with Gasteiger partial charge in [-0.05, 0) is 65.2 Å². The number of rotatable bonds is 3. The van der Waals surface area contributed by atoms with Crippen LogP contribution < -0.4 is 10.5 Å². The summed E-state index contributed by atoms with van der Waals surface area (Å²) in [5.74, 6) is 1.04. The summed E-state index contributed by atoms with van der Waals surface area (Å²) in [4.78, 5) is 0.254. The molecule has 0 radical (unpaired) electrons. The Hall–Kier alpha value is -0.590. The molecule has 1 aromatic carbocycles. The fourth-order valence-corrected chi connectivity index (χ4v) is 4.72. The van der Waals surface area contributed by atoms with E-state index in [0.29, 0.717) is 22.0 Å². The number of benzene rings is 1. The van der Waals surface area contributed by atoms with Gasteiger partial charge in [0.25, 0.3) is 0 Å². The normalized spacial score (nSPS) is 27.4. The third kappa shape index (κ3) is 3.54. The Morgan fingerprint density at radius 3 is 2.60 bits per heavy atom. The van der Waals surface area contributed by atoms with Crippen LogP contribution in [0.4, 0.5) is 5.69 Å². The molecule has 4 nitrogen and oxygen atoms in total. The van der Waals surface area contributed by atoms with Crippen molar-refractivity contribution in [3.63, 3.8) is 0 Å². The molecule has 6 heteroatoms. The Kier molecular flexibility index (Phi) is 4.76. The molecule has 1 fully saturated rings. The van der Waals surface area contributed by atoms with Crippen LogP contribution in [0, 0.1) is 11.8 Å². The van der Waals surface area contributed by atoms with Gasteiger partial charge in [-0.25, -0.2) is 13.1 Å². The number of nitrogens with one attached hydrogen (secondary N) is 1. The van der Waals surface area contributed by atoms with Crippen molar-refractivity contribution in [3.05, 3.63) is 22.7 Å². The van der Waals surface area contributed by atoms with Crippen molar-refractivity contribution in [1.82, 2.24) is 4.72 Å². The molecule has 112 valence electrons. The molecule has 0 saturated heterocycles. The van der Waals surface area contributed by atoms with E-state index in [9.17, 15) is 8.42 Å². The fourth-order valence-electron chi connectivity index (χ4n) is 2.78. The lowest BCUT2D eigenvalue weighted by Gasteiger charge is -2.32. The number of hydrogen-bond acceptors (Lipinski definition) is 3. The average molecular weight is 361 g/mol. The predicted molar refractivity (Wildman–Crippen MR) is 84.8 cm³/mol. The Balaban J connectivity index is 2.16. The molecule has 0 amide bonds. The topological polar surface area (TPSA) is 72.2 Å². The van der Waals surface area contributed by atoms with Gasteiger partial charge in [-0.3, -0.25) is 0 Å². The van der Waals surface area contributed by atoms with Gasteiger partial charge in [-0.15, -0.1) is 0 Å². The molecule has 1 aliphatic rings. The molecule has 3 unspecified atom stereocenters. The van der Waals surface area contributed by atoms with Crippen LogP contribution in [0.25, 0.3) is 0 Å². The van der Waals surface area contributed by atoms with Crippen LogP contribution in [0.1, 0.15) is 33.1 Å². The summed E-state index contributed by atoms with van der Waals surface area (Å²) < 4.78 is 28.3.